The maximum atomic E-state index is 12.7. The van der Waals surface area contributed by atoms with Gasteiger partial charge in [0.05, 0.1) is 16.1 Å². The molecule has 2 heterocycles. The monoisotopic (exact) mass is 332 g/mol. The molecular formula is C16H16N2O2S2. The Balaban J connectivity index is 2.01. The minimum atomic E-state index is -0.495. The van der Waals surface area contributed by atoms with Crippen molar-refractivity contribution < 1.29 is 9.59 Å². The molecule has 0 aliphatic rings. The number of amides is 2. The lowest BCUT2D eigenvalue weighted by Gasteiger charge is -2.24. The van der Waals surface area contributed by atoms with Crippen molar-refractivity contribution in [3.63, 3.8) is 0 Å². The molecule has 114 valence electrons. The summed E-state index contributed by atoms with van der Waals surface area (Å²) in [7, 11) is 0. The zero-order chi connectivity index (χ0) is 15.9. The molecule has 0 fully saturated rings. The normalized spacial score (nSPS) is 11.4. The van der Waals surface area contributed by atoms with Crippen molar-refractivity contribution in [3.05, 3.63) is 35.2 Å². The standard InChI is InChI=1S/C16H16N2O2S2/c1-9(2)18(8-14(17)19)16(20)13-7-12-15(22-13)10-5-3-4-6-11(10)21-12/h3-7,9H,8H2,1-2H3,(H2,17,19). The van der Waals surface area contributed by atoms with Crippen LogP contribution in [0, 0.1) is 0 Å². The van der Waals surface area contributed by atoms with Crippen molar-refractivity contribution >= 4 is 54.0 Å². The predicted octanol–water partition coefficient (Wildman–Crippen LogP) is 3.45. The molecule has 0 atom stereocenters. The second kappa shape index (κ2) is 5.70. The molecule has 1 aromatic carbocycles. The van der Waals surface area contributed by atoms with Crippen LogP contribution < -0.4 is 5.73 Å². The third-order valence-corrected chi connectivity index (χ3v) is 5.87. The number of benzene rings is 1. The van der Waals surface area contributed by atoms with Crippen LogP contribution in [0.4, 0.5) is 0 Å². The summed E-state index contributed by atoms with van der Waals surface area (Å²) in [4.78, 5) is 26.0. The number of carbonyl (C=O) groups excluding carboxylic acids is 2. The van der Waals surface area contributed by atoms with Gasteiger partial charge in [-0.1, -0.05) is 18.2 Å². The van der Waals surface area contributed by atoms with Crippen molar-refractivity contribution in [1.29, 1.82) is 0 Å². The molecule has 0 aliphatic carbocycles. The van der Waals surface area contributed by atoms with Gasteiger partial charge < -0.3 is 10.6 Å². The summed E-state index contributed by atoms with van der Waals surface area (Å²) in [6.45, 7) is 3.71. The van der Waals surface area contributed by atoms with E-state index in [4.69, 9.17) is 5.73 Å². The highest BCUT2D eigenvalue weighted by Gasteiger charge is 2.23. The summed E-state index contributed by atoms with van der Waals surface area (Å²) in [5, 5.41) is 1.18. The molecule has 0 saturated carbocycles. The van der Waals surface area contributed by atoms with Gasteiger partial charge in [0.15, 0.2) is 0 Å². The number of nitrogens with two attached hydrogens (primary N) is 1. The van der Waals surface area contributed by atoms with Gasteiger partial charge >= 0.3 is 0 Å². The Labute approximate surface area is 136 Å². The smallest absolute Gasteiger partial charge is 0.264 e. The van der Waals surface area contributed by atoms with Gasteiger partial charge in [-0.05, 0) is 26.0 Å². The largest absolute Gasteiger partial charge is 0.368 e. The zero-order valence-electron chi connectivity index (χ0n) is 12.3. The van der Waals surface area contributed by atoms with Crippen LogP contribution >= 0.6 is 22.7 Å². The fourth-order valence-electron chi connectivity index (χ4n) is 2.40. The van der Waals surface area contributed by atoms with E-state index in [-0.39, 0.29) is 18.5 Å². The number of primary amides is 1. The first-order valence-corrected chi connectivity index (χ1v) is 8.61. The summed E-state index contributed by atoms with van der Waals surface area (Å²) in [5.74, 6) is -0.628. The van der Waals surface area contributed by atoms with Gasteiger partial charge in [-0.25, -0.2) is 0 Å². The van der Waals surface area contributed by atoms with Crippen molar-refractivity contribution in [2.45, 2.75) is 19.9 Å². The first-order chi connectivity index (χ1) is 10.5. The molecule has 6 heteroatoms. The van der Waals surface area contributed by atoms with E-state index < -0.39 is 5.91 Å². The average molecular weight is 332 g/mol. The van der Waals surface area contributed by atoms with Crippen molar-refractivity contribution in [3.8, 4) is 0 Å². The average Bonchev–Trinajstić information content (AvgIpc) is 3.01. The molecule has 2 N–H and O–H groups in total. The molecule has 0 spiro atoms. The van der Waals surface area contributed by atoms with Crippen LogP contribution in [0.3, 0.4) is 0 Å². The molecule has 2 amide bonds. The fraction of sp³-hybridized carbons (Fsp3) is 0.250. The lowest BCUT2D eigenvalue weighted by molar-refractivity contribution is -0.119. The number of carbonyl (C=O) groups is 2. The summed E-state index contributed by atoms with van der Waals surface area (Å²) < 4.78 is 3.46. The van der Waals surface area contributed by atoms with E-state index in [1.807, 2.05) is 32.0 Å². The highest BCUT2D eigenvalue weighted by atomic mass is 32.1. The Hall–Kier alpha value is -1.92. The van der Waals surface area contributed by atoms with Crippen LogP contribution in [0.15, 0.2) is 30.3 Å². The van der Waals surface area contributed by atoms with Crippen LogP contribution in [-0.4, -0.2) is 29.3 Å². The quantitative estimate of drug-likeness (QED) is 0.795. The minimum Gasteiger partial charge on any atom is -0.368 e. The van der Waals surface area contributed by atoms with Crippen LogP contribution in [0.2, 0.25) is 0 Å². The van der Waals surface area contributed by atoms with E-state index >= 15 is 0 Å². The zero-order valence-corrected chi connectivity index (χ0v) is 14.0. The highest BCUT2D eigenvalue weighted by molar-refractivity contribution is 7.33. The first-order valence-electron chi connectivity index (χ1n) is 6.97. The predicted molar refractivity (Wildman–Crippen MR) is 92.6 cm³/mol. The number of fused-ring (bicyclic) bond motifs is 3. The second-order valence-corrected chi connectivity index (χ2v) is 7.53. The summed E-state index contributed by atoms with van der Waals surface area (Å²) in [5.41, 5.74) is 5.25. The number of hydrogen-bond acceptors (Lipinski definition) is 4. The van der Waals surface area contributed by atoms with Gasteiger partial charge in [0.25, 0.3) is 5.91 Å². The summed E-state index contributed by atoms with van der Waals surface area (Å²) in [6.07, 6.45) is 0. The molecule has 0 aliphatic heterocycles. The van der Waals surface area contributed by atoms with Gasteiger partial charge in [0.1, 0.15) is 0 Å². The Morgan fingerprint density at radius 1 is 1.18 bits per heavy atom. The lowest BCUT2D eigenvalue weighted by atomic mass is 10.2. The van der Waals surface area contributed by atoms with Crippen molar-refractivity contribution in [1.82, 2.24) is 4.90 Å². The van der Waals surface area contributed by atoms with E-state index in [2.05, 4.69) is 12.1 Å². The fourth-order valence-corrected chi connectivity index (χ4v) is 4.88. The van der Waals surface area contributed by atoms with E-state index in [0.29, 0.717) is 4.88 Å². The third-order valence-electron chi connectivity index (χ3n) is 3.47. The number of nitrogens with zero attached hydrogens (tertiary/aromatic N) is 1. The van der Waals surface area contributed by atoms with Gasteiger partial charge in [0, 0.05) is 20.8 Å². The van der Waals surface area contributed by atoms with E-state index in [1.165, 1.54) is 26.3 Å². The topological polar surface area (TPSA) is 63.4 Å². The molecule has 22 heavy (non-hydrogen) atoms. The molecule has 2 aromatic heterocycles. The van der Waals surface area contributed by atoms with Gasteiger partial charge in [-0.3, -0.25) is 9.59 Å². The molecule has 3 rings (SSSR count). The Bertz CT molecular complexity index is 863. The Morgan fingerprint density at radius 2 is 1.91 bits per heavy atom. The van der Waals surface area contributed by atoms with Crippen LogP contribution in [-0.2, 0) is 4.79 Å². The minimum absolute atomic E-state index is 0.0528. The summed E-state index contributed by atoms with van der Waals surface area (Å²) in [6, 6.07) is 10.0. The Kier molecular flexibility index (Phi) is 3.88. The number of rotatable bonds is 4. The molecular weight excluding hydrogens is 316 g/mol. The van der Waals surface area contributed by atoms with E-state index in [1.54, 1.807) is 11.3 Å². The number of thiophene rings is 2. The van der Waals surface area contributed by atoms with E-state index in [0.717, 1.165) is 9.40 Å². The van der Waals surface area contributed by atoms with Crippen molar-refractivity contribution in [2.75, 3.05) is 6.54 Å². The summed E-state index contributed by atoms with van der Waals surface area (Å²) >= 11 is 3.16. The molecule has 4 nitrogen and oxygen atoms in total. The molecule has 0 radical (unpaired) electrons. The van der Waals surface area contributed by atoms with Crippen LogP contribution in [0.25, 0.3) is 19.5 Å². The Morgan fingerprint density at radius 3 is 2.59 bits per heavy atom. The maximum absolute atomic E-state index is 12.7. The molecule has 0 saturated heterocycles. The molecule has 3 aromatic rings. The number of hydrogen-bond donors (Lipinski definition) is 1. The highest BCUT2D eigenvalue weighted by Crippen LogP contribution is 2.39. The lowest BCUT2D eigenvalue weighted by Crippen LogP contribution is -2.42. The van der Waals surface area contributed by atoms with Gasteiger partial charge in [-0.15, -0.1) is 22.7 Å². The molecule has 0 unspecified atom stereocenters. The van der Waals surface area contributed by atoms with Crippen molar-refractivity contribution in [2.24, 2.45) is 5.73 Å². The van der Waals surface area contributed by atoms with E-state index in [9.17, 15) is 9.59 Å². The first kappa shape index (κ1) is 15.0. The third kappa shape index (κ3) is 2.60. The van der Waals surface area contributed by atoms with Crippen LogP contribution in [0.5, 0.6) is 0 Å². The molecule has 0 bridgehead atoms. The maximum Gasteiger partial charge on any atom is 0.264 e. The second-order valence-electron chi connectivity index (χ2n) is 5.40. The van der Waals surface area contributed by atoms with Crippen LogP contribution in [0.1, 0.15) is 23.5 Å². The van der Waals surface area contributed by atoms with Gasteiger partial charge in [-0.2, -0.15) is 0 Å². The SMILES string of the molecule is CC(C)N(CC(N)=O)C(=O)c1cc2sc3ccccc3c2s1. The van der Waals surface area contributed by atoms with Gasteiger partial charge in [0.2, 0.25) is 5.91 Å².